The van der Waals surface area contributed by atoms with Crippen LogP contribution in [-0.2, 0) is 10.0 Å². The van der Waals surface area contributed by atoms with Crippen LogP contribution in [0.25, 0.3) is 0 Å². The van der Waals surface area contributed by atoms with Crippen molar-refractivity contribution in [2.45, 2.75) is 17.7 Å². The summed E-state index contributed by atoms with van der Waals surface area (Å²) in [5, 5.41) is 8.43. The van der Waals surface area contributed by atoms with Gasteiger partial charge in [-0.2, -0.15) is 9.40 Å². The van der Waals surface area contributed by atoms with Crippen molar-refractivity contribution in [3.8, 4) is 11.5 Å². The molecule has 2 aliphatic heterocycles. The molecule has 3 heterocycles. The van der Waals surface area contributed by atoms with Crippen molar-refractivity contribution < 1.29 is 17.9 Å². The van der Waals surface area contributed by atoms with Crippen LogP contribution in [0.4, 0.5) is 11.5 Å². The lowest BCUT2D eigenvalue weighted by Crippen LogP contribution is -2.48. The molecule has 0 saturated carbocycles. The second-order valence-corrected chi connectivity index (χ2v) is 9.31. The predicted molar refractivity (Wildman–Crippen MR) is 114 cm³/mol. The topological polar surface area (TPSA) is 88.1 Å². The van der Waals surface area contributed by atoms with Gasteiger partial charge in [0.1, 0.15) is 0 Å². The fourth-order valence-electron chi connectivity index (χ4n) is 3.93. The molecule has 9 nitrogen and oxygen atoms in total. The number of nitrogens with zero attached hydrogens (tertiary/aromatic N) is 5. The van der Waals surface area contributed by atoms with E-state index in [9.17, 15) is 8.42 Å². The number of sulfonamides is 1. The van der Waals surface area contributed by atoms with Gasteiger partial charge in [0, 0.05) is 51.4 Å². The number of aromatic nitrogens is 2. The van der Waals surface area contributed by atoms with E-state index in [0.717, 1.165) is 24.6 Å². The van der Waals surface area contributed by atoms with Gasteiger partial charge in [-0.15, -0.1) is 5.10 Å². The second kappa shape index (κ2) is 8.65. The van der Waals surface area contributed by atoms with Gasteiger partial charge in [-0.3, -0.25) is 0 Å². The first-order valence-electron chi connectivity index (χ1n) is 10.1. The molecule has 2 saturated heterocycles. The molecule has 1 aromatic carbocycles. The average Bonchev–Trinajstić information content (AvgIpc) is 3.34. The Morgan fingerprint density at radius 1 is 0.867 bits per heavy atom. The Labute approximate surface area is 177 Å². The smallest absolute Gasteiger partial charge is 0.243 e. The molecule has 2 aromatic rings. The van der Waals surface area contributed by atoms with E-state index in [2.05, 4.69) is 26.1 Å². The van der Waals surface area contributed by atoms with Gasteiger partial charge in [-0.25, -0.2) is 8.42 Å². The first kappa shape index (κ1) is 20.7. The molecule has 30 heavy (non-hydrogen) atoms. The Kier molecular flexibility index (Phi) is 5.96. The number of benzene rings is 1. The Morgan fingerprint density at radius 3 is 2.23 bits per heavy atom. The van der Waals surface area contributed by atoms with Gasteiger partial charge in [0.05, 0.1) is 31.0 Å². The standard InChI is InChI=1S/C20H27N5O4S/c1-28-18-6-5-17(14-19(18)29-2)30(26,27)25-11-9-23(10-12-25)16-13-20(22-21-15-16)24-7-3-4-8-24/h5-6,13-15H,3-4,7-12H2,1-2H3. The molecule has 162 valence electrons. The SMILES string of the molecule is COc1ccc(S(=O)(=O)N2CCN(c3cnnc(N4CCCC4)c3)CC2)cc1OC. The third-order valence-corrected chi connectivity index (χ3v) is 7.55. The van der Waals surface area contributed by atoms with E-state index < -0.39 is 10.0 Å². The van der Waals surface area contributed by atoms with Gasteiger partial charge in [0.2, 0.25) is 10.0 Å². The van der Waals surface area contributed by atoms with Crippen LogP contribution in [0.3, 0.4) is 0 Å². The minimum Gasteiger partial charge on any atom is -0.493 e. The number of ether oxygens (including phenoxy) is 2. The molecule has 0 N–H and O–H groups in total. The normalized spacial score (nSPS) is 17.9. The van der Waals surface area contributed by atoms with E-state index in [-0.39, 0.29) is 4.90 Å². The maximum Gasteiger partial charge on any atom is 0.243 e. The predicted octanol–water partition coefficient (Wildman–Crippen LogP) is 1.60. The van der Waals surface area contributed by atoms with Crippen LogP contribution in [0, 0.1) is 0 Å². The Hall–Kier alpha value is -2.59. The van der Waals surface area contributed by atoms with Crippen LogP contribution in [0.15, 0.2) is 35.4 Å². The lowest BCUT2D eigenvalue weighted by Gasteiger charge is -2.35. The van der Waals surface area contributed by atoms with E-state index in [1.165, 1.54) is 37.4 Å². The highest BCUT2D eigenvalue weighted by atomic mass is 32.2. The summed E-state index contributed by atoms with van der Waals surface area (Å²) in [6, 6.07) is 6.73. The number of anilines is 2. The van der Waals surface area contributed by atoms with Gasteiger partial charge in [0.15, 0.2) is 17.3 Å². The van der Waals surface area contributed by atoms with E-state index >= 15 is 0 Å². The lowest BCUT2D eigenvalue weighted by atomic mass is 10.3. The summed E-state index contributed by atoms with van der Waals surface area (Å²) < 4.78 is 38.2. The molecule has 0 spiro atoms. The zero-order valence-electron chi connectivity index (χ0n) is 17.3. The van der Waals surface area contributed by atoms with Crippen LogP contribution < -0.4 is 19.3 Å². The number of hydrogen-bond acceptors (Lipinski definition) is 8. The highest BCUT2D eigenvalue weighted by molar-refractivity contribution is 7.89. The molecule has 0 amide bonds. The second-order valence-electron chi connectivity index (χ2n) is 7.37. The molecule has 1 aromatic heterocycles. The highest BCUT2D eigenvalue weighted by Crippen LogP contribution is 2.31. The number of rotatable bonds is 6. The van der Waals surface area contributed by atoms with Gasteiger partial charge in [0.25, 0.3) is 0 Å². The first-order valence-corrected chi connectivity index (χ1v) is 11.5. The van der Waals surface area contributed by atoms with E-state index in [4.69, 9.17) is 9.47 Å². The van der Waals surface area contributed by atoms with Crippen molar-refractivity contribution in [2.24, 2.45) is 0 Å². The van der Waals surface area contributed by atoms with Gasteiger partial charge < -0.3 is 19.3 Å². The molecular formula is C20H27N5O4S. The van der Waals surface area contributed by atoms with Crippen LogP contribution >= 0.6 is 0 Å². The largest absolute Gasteiger partial charge is 0.493 e. The van der Waals surface area contributed by atoms with Crippen LogP contribution in [0.5, 0.6) is 11.5 Å². The minimum atomic E-state index is -3.61. The number of piperazine rings is 1. The molecule has 0 bridgehead atoms. The molecule has 0 aliphatic carbocycles. The maximum atomic E-state index is 13.1. The van der Waals surface area contributed by atoms with Crippen LogP contribution in [0.2, 0.25) is 0 Å². The van der Waals surface area contributed by atoms with Crippen molar-refractivity contribution in [1.29, 1.82) is 0 Å². The molecule has 2 aliphatic rings. The van der Waals surface area contributed by atoms with Crippen molar-refractivity contribution in [2.75, 3.05) is 63.3 Å². The third-order valence-electron chi connectivity index (χ3n) is 5.65. The van der Waals surface area contributed by atoms with Crippen LogP contribution in [0.1, 0.15) is 12.8 Å². The molecule has 10 heteroatoms. The molecular weight excluding hydrogens is 406 g/mol. The summed E-state index contributed by atoms with van der Waals surface area (Å²) in [4.78, 5) is 4.61. The van der Waals surface area contributed by atoms with Crippen molar-refractivity contribution in [3.63, 3.8) is 0 Å². The minimum absolute atomic E-state index is 0.204. The Morgan fingerprint density at radius 2 is 1.57 bits per heavy atom. The average molecular weight is 434 g/mol. The summed E-state index contributed by atoms with van der Waals surface area (Å²) >= 11 is 0. The van der Waals surface area contributed by atoms with Crippen molar-refractivity contribution in [3.05, 3.63) is 30.5 Å². The monoisotopic (exact) mass is 433 g/mol. The Balaban J connectivity index is 1.46. The van der Waals surface area contributed by atoms with Gasteiger partial charge >= 0.3 is 0 Å². The van der Waals surface area contributed by atoms with E-state index in [1.54, 1.807) is 18.3 Å². The summed E-state index contributed by atoms with van der Waals surface area (Å²) in [6.45, 7) is 4.01. The molecule has 0 atom stereocenters. The number of hydrogen-bond donors (Lipinski definition) is 0. The molecule has 4 rings (SSSR count). The molecule has 0 unspecified atom stereocenters. The Bertz CT molecular complexity index is 986. The molecule has 0 radical (unpaired) electrons. The van der Waals surface area contributed by atoms with Crippen molar-refractivity contribution in [1.82, 2.24) is 14.5 Å². The van der Waals surface area contributed by atoms with Crippen molar-refractivity contribution >= 4 is 21.5 Å². The zero-order chi connectivity index (χ0) is 21.1. The first-order chi connectivity index (χ1) is 14.5. The van der Waals surface area contributed by atoms with Gasteiger partial charge in [-0.05, 0) is 25.0 Å². The fourth-order valence-corrected chi connectivity index (χ4v) is 5.37. The third kappa shape index (κ3) is 4.01. The fraction of sp³-hybridized carbons (Fsp3) is 0.500. The summed E-state index contributed by atoms with van der Waals surface area (Å²) in [7, 11) is -0.597. The van der Waals surface area contributed by atoms with Gasteiger partial charge in [-0.1, -0.05) is 0 Å². The maximum absolute atomic E-state index is 13.1. The van der Waals surface area contributed by atoms with E-state index in [1.807, 2.05) is 0 Å². The van der Waals surface area contributed by atoms with E-state index in [0.29, 0.717) is 37.7 Å². The quantitative estimate of drug-likeness (QED) is 0.679. The summed E-state index contributed by atoms with van der Waals surface area (Å²) in [6.07, 6.45) is 4.11. The summed E-state index contributed by atoms with van der Waals surface area (Å²) in [5.74, 6) is 1.79. The highest BCUT2D eigenvalue weighted by Gasteiger charge is 2.30. The number of methoxy groups -OCH3 is 2. The summed E-state index contributed by atoms with van der Waals surface area (Å²) in [5.41, 5.74) is 0.982. The molecule has 2 fully saturated rings. The zero-order valence-corrected chi connectivity index (χ0v) is 18.1. The lowest BCUT2D eigenvalue weighted by molar-refractivity contribution is 0.353. The van der Waals surface area contributed by atoms with Crippen LogP contribution in [-0.4, -0.2) is 76.4 Å².